The predicted molar refractivity (Wildman–Crippen MR) is 60.0 cm³/mol. The lowest BCUT2D eigenvalue weighted by molar-refractivity contribution is 0.0655. The summed E-state index contributed by atoms with van der Waals surface area (Å²) in [5.41, 5.74) is 0.473. The first-order valence-corrected chi connectivity index (χ1v) is 5.41. The molecule has 1 fully saturated rings. The highest BCUT2D eigenvalue weighted by Gasteiger charge is 2.22. The molecule has 0 aromatic heterocycles. The third-order valence-electron chi connectivity index (χ3n) is 2.58. The normalized spacial score (nSPS) is 15.5. The van der Waals surface area contributed by atoms with Crippen LogP contribution in [0.5, 0.6) is 5.75 Å². The molecular formula is C12H13NO4. The molecule has 2 rings (SSSR count). The Morgan fingerprint density at radius 2 is 2.06 bits per heavy atom. The Balaban J connectivity index is 2.01. The zero-order chi connectivity index (χ0) is 12.3. The first kappa shape index (κ1) is 11.4. The molecule has 0 bridgehead atoms. The van der Waals surface area contributed by atoms with Crippen LogP contribution in [0.25, 0.3) is 0 Å². The number of benzene rings is 1. The third kappa shape index (κ3) is 2.75. The van der Waals surface area contributed by atoms with Gasteiger partial charge in [0, 0.05) is 12.1 Å². The molecule has 0 saturated carbocycles. The highest BCUT2D eigenvalue weighted by atomic mass is 16.6. The van der Waals surface area contributed by atoms with E-state index >= 15 is 0 Å². The zero-order valence-corrected chi connectivity index (χ0v) is 9.26. The number of carbonyl (C=O) groups excluding carboxylic acids is 2. The van der Waals surface area contributed by atoms with Gasteiger partial charge in [-0.2, -0.15) is 0 Å². The predicted octanol–water partition coefficient (Wildman–Crippen LogP) is 1.42. The minimum atomic E-state index is -0.441. The van der Waals surface area contributed by atoms with Gasteiger partial charge in [-0.3, -0.25) is 4.79 Å². The number of phenols is 1. The van der Waals surface area contributed by atoms with E-state index in [9.17, 15) is 9.59 Å². The van der Waals surface area contributed by atoms with Gasteiger partial charge < -0.3 is 14.7 Å². The maximum Gasteiger partial charge on any atom is 0.410 e. The first-order chi connectivity index (χ1) is 8.16. The standard InChI is InChI=1S/C12H13NO4/c14-10-4-2-9(3-5-10)11(15)8-13-6-1-7-17-12(13)16/h2-5,14H,1,6-8H2. The van der Waals surface area contributed by atoms with Crippen molar-refractivity contribution in [3.8, 4) is 5.75 Å². The second kappa shape index (κ2) is 4.86. The lowest BCUT2D eigenvalue weighted by Crippen LogP contribution is -2.40. The maximum atomic E-state index is 11.8. The second-order valence-electron chi connectivity index (χ2n) is 3.86. The van der Waals surface area contributed by atoms with Crippen LogP contribution in [0, 0.1) is 0 Å². The topological polar surface area (TPSA) is 66.8 Å². The average Bonchev–Trinajstić information content (AvgIpc) is 2.33. The van der Waals surface area contributed by atoms with E-state index in [2.05, 4.69) is 0 Å². The van der Waals surface area contributed by atoms with E-state index in [-0.39, 0.29) is 18.1 Å². The largest absolute Gasteiger partial charge is 0.508 e. The van der Waals surface area contributed by atoms with Crippen LogP contribution < -0.4 is 0 Å². The number of cyclic esters (lactones) is 1. The molecule has 0 atom stereocenters. The van der Waals surface area contributed by atoms with E-state index in [0.717, 1.165) is 6.42 Å². The number of carbonyl (C=O) groups is 2. The fourth-order valence-corrected chi connectivity index (χ4v) is 1.65. The summed E-state index contributed by atoms with van der Waals surface area (Å²) in [5.74, 6) is -0.0530. The quantitative estimate of drug-likeness (QED) is 0.804. The molecule has 90 valence electrons. The molecule has 1 aromatic rings. The number of hydrogen-bond donors (Lipinski definition) is 1. The fraction of sp³-hybridized carbons (Fsp3) is 0.333. The van der Waals surface area contributed by atoms with Gasteiger partial charge in [-0.05, 0) is 30.7 Å². The fourth-order valence-electron chi connectivity index (χ4n) is 1.65. The summed E-state index contributed by atoms with van der Waals surface area (Å²) in [6, 6.07) is 5.96. The van der Waals surface area contributed by atoms with E-state index in [1.807, 2.05) is 0 Å². The lowest BCUT2D eigenvalue weighted by Gasteiger charge is -2.25. The summed E-state index contributed by atoms with van der Waals surface area (Å²) in [6.45, 7) is 0.981. The molecule has 0 spiro atoms. The van der Waals surface area contributed by atoms with Crippen molar-refractivity contribution in [3.63, 3.8) is 0 Å². The summed E-state index contributed by atoms with van der Waals surface area (Å²) >= 11 is 0. The Hall–Kier alpha value is -2.04. The second-order valence-corrected chi connectivity index (χ2v) is 3.86. The number of rotatable bonds is 3. The van der Waals surface area contributed by atoms with Gasteiger partial charge >= 0.3 is 6.09 Å². The molecule has 5 nitrogen and oxygen atoms in total. The Morgan fingerprint density at radius 3 is 2.71 bits per heavy atom. The van der Waals surface area contributed by atoms with E-state index in [4.69, 9.17) is 9.84 Å². The highest BCUT2D eigenvalue weighted by Crippen LogP contribution is 2.12. The number of Topliss-reactive ketones (excluding diaryl/α,β-unsaturated/α-hetero) is 1. The van der Waals surface area contributed by atoms with Crippen molar-refractivity contribution in [2.45, 2.75) is 6.42 Å². The summed E-state index contributed by atoms with van der Waals surface area (Å²) in [5, 5.41) is 9.11. The van der Waals surface area contributed by atoms with Crippen molar-refractivity contribution >= 4 is 11.9 Å². The van der Waals surface area contributed by atoms with Crippen molar-refractivity contribution in [3.05, 3.63) is 29.8 Å². The van der Waals surface area contributed by atoms with Crippen molar-refractivity contribution in [1.82, 2.24) is 4.90 Å². The van der Waals surface area contributed by atoms with Gasteiger partial charge in [0.25, 0.3) is 0 Å². The number of ketones is 1. The number of ether oxygens (including phenoxy) is 1. The highest BCUT2D eigenvalue weighted by molar-refractivity contribution is 5.99. The van der Waals surface area contributed by atoms with Gasteiger partial charge in [0.05, 0.1) is 13.2 Å². The molecule has 5 heteroatoms. The number of aromatic hydroxyl groups is 1. The molecule has 0 unspecified atom stereocenters. The van der Waals surface area contributed by atoms with E-state index in [1.165, 1.54) is 29.2 Å². The molecule has 1 saturated heterocycles. The van der Waals surface area contributed by atoms with Crippen LogP contribution >= 0.6 is 0 Å². The Morgan fingerprint density at radius 1 is 1.35 bits per heavy atom. The van der Waals surface area contributed by atoms with Crippen LogP contribution in [0.1, 0.15) is 16.8 Å². The summed E-state index contributed by atoms with van der Waals surface area (Å²) in [6.07, 6.45) is 0.303. The molecule has 1 aromatic carbocycles. The van der Waals surface area contributed by atoms with Crippen LogP contribution in [0.15, 0.2) is 24.3 Å². The van der Waals surface area contributed by atoms with Crippen molar-refractivity contribution < 1.29 is 19.4 Å². The molecule has 1 aliphatic rings. The molecule has 17 heavy (non-hydrogen) atoms. The van der Waals surface area contributed by atoms with Crippen LogP contribution in [0.3, 0.4) is 0 Å². The van der Waals surface area contributed by atoms with Gasteiger partial charge in [0.15, 0.2) is 5.78 Å². The number of amides is 1. The van der Waals surface area contributed by atoms with Crippen LogP contribution in [-0.2, 0) is 4.74 Å². The molecule has 1 N–H and O–H groups in total. The maximum absolute atomic E-state index is 11.8. The van der Waals surface area contributed by atoms with Crippen molar-refractivity contribution in [2.24, 2.45) is 0 Å². The summed E-state index contributed by atoms with van der Waals surface area (Å²) in [4.78, 5) is 24.6. The van der Waals surface area contributed by atoms with Crippen molar-refractivity contribution in [1.29, 1.82) is 0 Å². The molecule has 0 aliphatic carbocycles. The van der Waals surface area contributed by atoms with E-state index < -0.39 is 6.09 Å². The van der Waals surface area contributed by atoms with Crippen LogP contribution in [0.4, 0.5) is 4.79 Å². The summed E-state index contributed by atoms with van der Waals surface area (Å²) < 4.78 is 4.84. The number of phenolic OH excluding ortho intramolecular Hbond substituents is 1. The van der Waals surface area contributed by atoms with Crippen molar-refractivity contribution in [2.75, 3.05) is 19.7 Å². The third-order valence-corrected chi connectivity index (χ3v) is 2.58. The zero-order valence-electron chi connectivity index (χ0n) is 9.26. The molecular weight excluding hydrogens is 222 g/mol. The summed E-state index contributed by atoms with van der Waals surface area (Å²) in [7, 11) is 0. The van der Waals surface area contributed by atoms with Gasteiger partial charge in [-0.1, -0.05) is 0 Å². The molecule has 0 radical (unpaired) electrons. The van der Waals surface area contributed by atoms with E-state index in [1.54, 1.807) is 0 Å². The minimum Gasteiger partial charge on any atom is -0.508 e. The Bertz CT molecular complexity index is 427. The number of hydrogen-bond acceptors (Lipinski definition) is 4. The molecule has 1 heterocycles. The lowest BCUT2D eigenvalue weighted by atomic mass is 10.1. The van der Waals surface area contributed by atoms with Gasteiger partial charge in [0.1, 0.15) is 5.75 Å². The Labute approximate surface area is 98.6 Å². The van der Waals surface area contributed by atoms with E-state index in [0.29, 0.717) is 18.7 Å². The molecule has 1 aliphatic heterocycles. The van der Waals surface area contributed by atoms with Gasteiger partial charge in [-0.15, -0.1) is 0 Å². The van der Waals surface area contributed by atoms with Gasteiger partial charge in [-0.25, -0.2) is 4.79 Å². The smallest absolute Gasteiger partial charge is 0.410 e. The first-order valence-electron chi connectivity index (χ1n) is 5.41. The SMILES string of the molecule is O=C(CN1CCCOC1=O)c1ccc(O)cc1. The average molecular weight is 235 g/mol. The number of nitrogens with zero attached hydrogens (tertiary/aromatic N) is 1. The van der Waals surface area contributed by atoms with Crippen LogP contribution in [0.2, 0.25) is 0 Å². The molecule has 1 amide bonds. The Kier molecular flexibility index (Phi) is 3.27. The van der Waals surface area contributed by atoms with Gasteiger partial charge in [0.2, 0.25) is 0 Å². The minimum absolute atomic E-state index is 0.0175. The van der Waals surface area contributed by atoms with Crippen LogP contribution in [-0.4, -0.2) is 41.6 Å². The monoisotopic (exact) mass is 235 g/mol.